The highest BCUT2D eigenvalue weighted by molar-refractivity contribution is 6.32. The first kappa shape index (κ1) is 17.5. The third kappa shape index (κ3) is 3.14. The lowest BCUT2D eigenvalue weighted by atomic mass is 10.2. The lowest BCUT2D eigenvalue weighted by Crippen LogP contribution is -2.43. The molecule has 1 unspecified atom stereocenters. The standard InChI is InChI=1S/C19H18ClN5O2/c1-3-16-22-17(23-25(16)14-8-5-4-7-13(14)20)19(26)24-11-12(2)27-18-15(24)9-6-10-21-18/h4-10,12H,3,11H2,1-2H3. The Morgan fingerprint density at radius 1 is 1.26 bits per heavy atom. The molecule has 7 nitrogen and oxygen atoms in total. The predicted molar refractivity (Wildman–Crippen MR) is 102 cm³/mol. The molecule has 1 atom stereocenters. The van der Waals surface area contributed by atoms with Crippen LogP contribution in [0.15, 0.2) is 42.6 Å². The highest BCUT2D eigenvalue weighted by atomic mass is 35.5. The Hall–Kier alpha value is -2.93. The van der Waals surface area contributed by atoms with E-state index in [1.165, 1.54) is 0 Å². The van der Waals surface area contributed by atoms with E-state index in [1.807, 2.05) is 32.0 Å². The zero-order chi connectivity index (χ0) is 19.0. The van der Waals surface area contributed by atoms with Gasteiger partial charge in [-0.05, 0) is 31.2 Å². The quantitative estimate of drug-likeness (QED) is 0.693. The van der Waals surface area contributed by atoms with E-state index in [-0.39, 0.29) is 17.8 Å². The molecule has 4 rings (SSSR count). The summed E-state index contributed by atoms with van der Waals surface area (Å²) in [5, 5.41) is 5.00. The van der Waals surface area contributed by atoms with Gasteiger partial charge in [0.25, 0.3) is 5.91 Å². The normalized spacial score (nSPS) is 16.0. The second kappa shape index (κ2) is 7.00. The number of amides is 1. The average molecular weight is 384 g/mol. The number of hydrogen-bond acceptors (Lipinski definition) is 5. The summed E-state index contributed by atoms with van der Waals surface area (Å²) < 4.78 is 7.34. The van der Waals surface area contributed by atoms with Crippen LogP contribution in [-0.2, 0) is 6.42 Å². The number of carbonyl (C=O) groups excluding carboxylic acids is 1. The zero-order valence-corrected chi connectivity index (χ0v) is 15.7. The Bertz CT molecular complexity index is 1000. The maximum atomic E-state index is 13.2. The van der Waals surface area contributed by atoms with Crippen LogP contribution in [0.3, 0.4) is 0 Å². The van der Waals surface area contributed by atoms with Gasteiger partial charge < -0.3 is 4.74 Å². The first-order chi connectivity index (χ1) is 13.1. The van der Waals surface area contributed by atoms with Gasteiger partial charge in [-0.25, -0.2) is 14.6 Å². The van der Waals surface area contributed by atoms with E-state index < -0.39 is 0 Å². The van der Waals surface area contributed by atoms with Gasteiger partial charge in [0.15, 0.2) is 0 Å². The molecule has 0 aliphatic carbocycles. The number of para-hydroxylation sites is 1. The molecule has 0 radical (unpaired) electrons. The number of aryl methyl sites for hydroxylation is 1. The van der Waals surface area contributed by atoms with Crippen molar-refractivity contribution in [3.63, 3.8) is 0 Å². The third-order valence-electron chi connectivity index (χ3n) is 4.30. The van der Waals surface area contributed by atoms with Crippen LogP contribution in [0.1, 0.15) is 30.3 Å². The molecule has 0 bridgehead atoms. The molecule has 3 aromatic rings. The van der Waals surface area contributed by atoms with Crippen LogP contribution in [0, 0.1) is 0 Å². The van der Waals surface area contributed by atoms with Gasteiger partial charge in [-0.1, -0.05) is 30.7 Å². The van der Waals surface area contributed by atoms with Crippen LogP contribution in [0.5, 0.6) is 5.88 Å². The van der Waals surface area contributed by atoms with Gasteiger partial charge in [-0.15, -0.1) is 5.10 Å². The first-order valence-corrected chi connectivity index (χ1v) is 9.10. The Kier molecular flexibility index (Phi) is 4.53. The fourth-order valence-electron chi connectivity index (χ4n) is 3.06. The maximum absolute atomic E-state index is 13.2. The minimum absolute atomic E-state index is 0.121. The fraction of sp³-hybridized carbons (Fsp3) is 0.263. The summed E-state index contributed by atoms with van der Waals surface area (Å²) in [6.07, 6.45) is 2.08. The zero-order valence-electron chi connectivity index (χ0n) is 15.0. The van der Waals surface area contributed by atoms with Crippen LogP contribution in [0.4, 0.5) is 5.69 Å². The molecular weight excluding hydrogens is 366 g/mol. The van der Waals surface area contributed by atoms with E-state index in [0.717, 1.165) is 0 Å². The van der Waals surface area contributed by atoms with E-state index in [0.29, 0.717) is 41.1 Å². The number of fused-ring (bicyclic) bond motifs is 1. The van der Waals surface area contributed by atoms with Gasteiger partial charge in [0.1, 0.15) is 17.6 Å². The Morgan fingerprint density at radius 2 is 2.04 bits per heavy atom. The summed E-state index contributed by atoms with van der Waals surface area (Å²) in [6, 6.07) is 10.9. The van der Waals surface area contributed by atoms with Crippen LogP contribution < -0.4 is 9.64 Å². The van der Waals surface area contributed by atoms with Crippen molar-refractivity contribution < 1.29 is 9.53 Å². The van der Waals surface area contributed by atoms with E-state index in [1.54, 1.807) is 34.0 Å². The number of benzene rings is 1. The van der Waals surface area contributed by atoms with Gasteiger partial charge in [0.2, 0.25) is 11.7 Å². The number of hydrogen-bond donors (Lipinski definition) is 0. The van der Waals surface area contributed by atoms with Crippen molar-refractivity contribution in [1.29, 1.82) is 0 Å². The number of aromatic nitrogens is 4. The minimum Gasteiger partial charge on any atom is -0.471 e. The van der Waals surface area contributed by atoms with Crippen molar-refractivity contribution in [2.24, 2.45) is 0 Å². The number of rotatable bonds is 3. The van der Waals surface area contributed by atoms with Crippen LogP contribution in [0.2, 0.25) is 5.02 Å². The number of carbonyl (C=O) groups is 1. The summed E-state index contributed by atoms with van der Waals surface area (Å²) in [5.74, 6) is 0.931. The maximum Gasteiger partial charge on any atom is 0.298 e. The molecule has 1 aliphatic rings. The van der Waals surface area contributed by atoms with Crippen LogP contribution in [0.25, 0.3) is 5.69 Å². The molecule has 1 amide bonds. The number of ether oxygens (including phenoxy) is 1. The Labute approximate surface area is 161 Å². The summed E-state index contributed by atoms with van der Waals surface area (Å²) in [5.41, 5.74) is 1.31. The second-order valence-corrected chi connectivity index (χ2v) is 6.65. The predicted octanol–water partition coefficient (Wildman–Crippen LogP) is 3.31. The lowest BCUT2D eigenvalue weighted by molar-refractivity contribution is 0.0948. The minimum atomic E-state index is -0.292. The molecule has 0 saturated heterocycles. The van der Waals surface area contributed by atoms with Crippen molar-refractivity contribution in [3.05, 3.63) is 59.3 Å². The Morgan fingerprint density at radius 3 is 2.81 bits per heavy atom. The van der Waals surface area contributed by atoms with Gasteiger partial charge >= 0.3 is 0 Å². The van der Waals surface area contributed by atoms with Gasteiger partial charge in [0, 0.05) is 12.6 Å². The summed E-state index contributed by atoms with van der Waals surface area (Å²) >= 11 is 6.30. The second-order valence-electron chi connectivity index (χ2n) is 6.24. The van der Waals surface area contributed by atoms with Gasteiger partial charge in [-0.3, -0.25) is 9.69 Å². The summed E-state index contributed by atoms with van der Waals surface area (Å²) in [7, 11) is 0. The van der Waals surface area contributed by atoms with E-state index in [2.05, 4.69) is 15.1 Å². The molecule has 138 valence electrons. The largest absolute Gasteiger partial charge is 0.471 e. The number of nitrogens with zero attached hydrogens (tertiary/aromatic N) is 5. The molecule has 2 aromatic heterocycles. The van der Waals surface area contributed by atoms with Crippen molar-refractivity contribution >= 4 is 23.2 Å². The highest BCUT2D eigenvalue weighted by Crippen LogP contribution is 2.31. The molecule has 1 aromatic carbocycles. The topological polar surface area (TPSA) is 73.1 Å². The van der Waals surface area contributed by atoms with Gasteiger partial charge in [0.05, 0.1) is 17.3 Å². The van der Waals surface area contributed by atoms with Crippen molar-refractivity contribution in [3.8, 4) is 11.6 Å². The summed E-state index contributed by atoms with van der Waals surface area (Å²) in [6.45, 7) is 4.26. The average Bonchev–Trinajstić information content (AvgIpc) is 3.11. The van der Waals surface area contributed by atoms with Crippen molar-refractivity contribution in [2.45, 2.75) is 26.4 Å². The van der Waals surface area contributed by atoms with Crippen LogP contribution in [-0.4, -0.2) is 38.3 Å². The van der Waals surface area contributed by atoms with E-state index in [9.17, 15) is 4.79 Å². The number of anilines is 1. The molecule has 0 N–H and O–H groups in total. The van der Waals surface area contributed by atoms with E-state index >= 15 is 0 Å². The third-order valence-corrected chi connectivity index (χ3v) is 4.62. The SMILES string of the molecule is CCc1nc(C(=O)N2CC(C)Oc3ncccc32)nn1-c1ccccc1Cl. The summed E-state index contributed by atoms with van der Waals surface area (Å²) in [4.78, 5) is 23.5. The lowest BCUT2D eigenvalue weighted by Gasteiger charge is -2.31. The molecule has 3 heterocycles. The monoisotopic (exact) mass is 383 g/mol. The molecule has 27 heavy (non-hydrogen) atoms. The molecule has 1 aliphatic heterocycles. The van der Waals surface area contributed by atoms with Crippen LogP contribution >= 0.6 is 11.6 Å². The molecule has 0 fully saturated rings. The smallest absolute Gasteiger partial charge is 0.298 e. The highest BCUT2D eigenvalue weighted by Gasteiger charge is 2.31. The van der Waals surface area contributed by atoms with E-state index in [4.69, 9.17) is 16.3 Å². The molecule has 8 heteroatoms. The molecule has 0 spiro atoms. The number of halogens is 1. The first-order valence-electron chi connectivity index (χ1n) is 8.73. The number of pyridine rings is 1. The van der Waals surface area contributed by atoms with Crippen molar-refractivity contribution in [2.75, 3.05) is 11.4 Å². The molecular formula is C19H18ClN5O2. The molecule has 0 saturated carbocycles. The Balaban J connectivity index is 1.75. The fourth-order valence-corrected chi connectivity index (χ4v) is 3.27. The van der Waals surface area contributed by atoms with Crippen molar-refractivity contribution in [1.82, 2.24) is 19.7 Å². The van der Waals surface area contributed by atoms with Gasteiger partial charge in [-0.2, -0.15) is 0 Å².